The monoisotopic (exact) mass is 613 g/mol. The van der Waals surface area contributed by atoms with Crippen LogP contribution < -0.4 is 14.4 Å². The van der Waals surface area contributed by atoms with Gasteiger partial charge in [-0.15, -0.1) is 0 Å². The number of halogens is 1. The lowest BCUT2D eigenvalue weighted by Crippen LogP contribution is -2.52. The van der Waals surface area contributed by atoms with E-state index in [0.717, 1.165) is 15.4 Å². The molecular weight excluding hydrogens is 574 g/mol. The minimum atomic E-state index is -4.19. The van der Waals surface area contributed by atoms with Gasteiger partial charge in [-0.1, -0.05) is 56.6 Å². The summed E-state index contributed by atoms with van der Waals surface area (Å²) in [6.07, 6.45) is 0.356. The van der Waals surface area contributed by atoms with Crippen LogP contribution in [0.2, 0.25) is 5.02 Å². The van der Waals surface area contributed by atoms with Crippen LogP contribution in [0.5, 0.6) is 5.75 Å². The Morgan fingerprint density at radius 1 is 0.952 bits per heavy atom. The topological polar surface area (TPSA) is 96.0 Å². The molecule has 0 spiro atoms. The first-order chi connectivity index (χ1) is 20.0. The van der Waals surface area contributed by atoms with Crippen molar-refractivity contribution in [3.05, 3.63) is 88.9 Å². The normalized spacial score (nSPS) is 12.1. The van der Waals surface area contributed by atoms with Crippen molar-refractivity contribution in [3.63, 3.8) is 0 Å². The number of nitrogens with zero attached hydrogens (tertiary/aromatic N) is 2. The third-order valence-electron chi connectivity index (χ3n) is 6.79. The highest BCUT2D eigenvalue weighted by Crippen LogP contribution is 2.27. The van der Waals surface area contributed by atoms with Crippen LogP contribution in [0.4, 0.5) is 5.69 Å². The molecule has 42 heavy (non-hydrogen) atoms. The Bertz CT molecular complexity index is 1440. The third-order valence-corrected chi connectivity index (χ3v) is 8.83. The Hall–Kier alpha value is -3.56. The molecule has 10 heteroatoms. The van der Waals surface area contributed by atoms with Gasteiger partial charge in [-0.3, -0.25) is 13.9 Å². The van der Waals surface area contributed by atoms with E-state index in [9.17, 15) is 18.0 Å². The van der Waals surface area contributed by atoms with E-state index in [1.165, 1.54) is 29.2 Å². The van der Waals surface area contributed by atoms with Gasteiger partial charge in [-0.05, 0) is 85.8 Å². The molecule has 0 heterocycles. The number of nitrogens with one attached hydrogen (secondary N) is 1. The van der Waals surface area contributed by atoms with Gasteiger partial charge in [-0.25, -0.2) is 8.42 Å². The second kappa shape index (κ2) is 15.1. The molecule has 0 bridgehead atoms. The summed E-state index contributed by atoms with van der Waals surface area (Å²) in [7, 11) is -4.19. The van der Waals surface area contributed by atoms with Crippen LogP contribution in [0.1, 0.15) is 45.2 Å². The maximum atomic E-state index is 14.2. The van der Waals surface area contributed by atoms with Gasteiger partial charge >= 0.3 is 0 Å². The van der Waals surface area contributed by atoms with Crippen molar-refractivity contribution in [2.45, 2.75) is 58.5 Å². The molecule has 8 nitrogen and oxygen atoms in total. The van der Waals surface area contributed by atoms with E-state index in [1.807, 2.05) is 58.9 Å². The molecule has 0 aliphatic heterocycles. The SMILES string of the molecule is CCOc1ccc(N(CC(=O)N(Cc2ccccc2C)[C@H](CC)C(=O)NCC(C)C)S(=O)(=O)c2ccc(Cl)cc2)cc1. The van der Waals surface area contributed by atoms with E-state index >= 15 is 0 Å². The predicted molar refractivity (Wildman–Crippen MR) is 167 cm³/mol. The van der Waals surface area contributed by atoms with Crippen LogP contribution in [-0.2, 0) is 26.2 Å². The minimum Gasteiger partial charge on any atom is -0.494 e. The molecule has 0 aliphatic carbocycles. The molecule has 1 N–H and O–H groups in total. The summed E-state index contributed by atoms with van der Waals surface area (Å²) in [5, 5.41) is 3.33. The zero-order valence-electron chi connectivity index (χ0n) is 24.8. The van der Waals surface area contributed by atoms with Crippen molar-refractivity contribution < 1.29 is 22.7 Å². The molecule has 3 aromatic carbocycles. The highest BCUT2D eigenvalue weighted by molar-refractivity contribution is 7.92. The van der Waals surface area contributed by atoms with Gasteiger partial charge in [0.05, 0.1) is 17.2 Å². The summed E-state index contributed by atoms with van der Waals surface area (Å²) >= 11 is 6.03. The summed E-state index contributed by atoms with van der Waals surface area (Å²) in [4.78, 5) is 29.0. The van der Waals surface area contributed by atoms with E-state index in [1.54, 1.807) is 24.3 Å². The number of rotatable bonds is 14. The molecule has 3 aromatic rings. The molecule has 0 aromatic heterocycles. The van der Waals surface area contributed by atoms with Crippen LogP contribution >= 0.6 is 11.6 Å². The smallest absolute Gasteiger partial charge is 0.264 e. The zero-order chi connectivity index (χ0) is 30.9. The fourth-order valence-electron chi connectivity index (χ4n) is 4.45. The summed E-state index contributed by atoms with van der Waals surface area (Å²) < 4.78 is 34.6. The van der Waals surface area contributed by atoms with Crippen molar-refractivity contribution in [1.29, 1.82) is 0 Å². The average molecular weight is 614 g/mol. The molecule has 226 valence electrons. The van der Waals surface area contributed by atoms with Gasteiger partial charge < -0.3 is 15.0 Å². The van der Waals surface area contributed by atoms with Crippen LogP contribution in [0.3, 0.4) is 0 Å². The number of sulfonamides is 1. The molecule has 0 unspecified atom stereocenters. The molecule has 1 atom stereocenters. The Balaban J connectivity index is 2.06. The number of hydrogen-bond acceptors (Lipinski definition) is 5. The van der Waals surface area contributed by atoms with Crippen LogP contribution in [0.15, 0.2) is 77.7 Å². The molecule has 0 fully saturated rings. The highest BCUT2D eigenvalue weighted by Gasteiger charge is 2.34. The second-order valence-corrected chi connectivity index (χ2v) is 12.7. The number of hydrogen-bond donors (Lipinski definition) is 1. The first-order valence-electron chi connectivity index (χ1n) is 14.1. The summed E-state index contributed by atoms with van der Waals surface area (Å²) in [5.74, 6) is 0.0228. The lowest BCUT2D eigenvalue weighted by Gasteiger charge is -2.33. The summed E-state index contributed by atoms with van der Waals surface area (Å²) in [5.41, 5.74) is 2.12. The van der Waals surface area contributed by atoms with E-state index in [2.05, 4.69) is 5.32 Å². The van der Waals surface area contributed by atoms with E-state index < -0.39 is 28.5 Å². The minimum absolute atomic E-state index is 0.0132. The van der Waals surface area contributed by atoms with Crippen LogP contribution in [0.25, 0.3) is 0 Å². The molecule has 0 aliphatic rings. The van der Waals surface area contributed by atoms with Gasteiger partial charge in [0.1, 0.15) is 18.3 Å². The highest BCUT2D eigenvalue weighted by atomic mass is 35.5. The first-order valence-corrected chi connectivity index (χ1v) is 15.9. The number of carbonyl (C=O) groups excluding carboxylic acids is 2. The van der Waals surface area contributed by atoms with Crippen LogP contribution in [-0.4, -0.2) is 50.9 Å². The Labute approximate surface area is 254 Å². The number of benzene rings is 3. The number of amides is 2. The van der Waals surface area contributed by atoms with Gasteiger partial charge in [0.2, 0.25) is 11.8 Å². The Kier molecular flexibility index (Phi) is 11.8. The average Bonchev–Trinajstić information content (AvgIpc) is 2.96. The third kappa shape index (κ3) is 8.49. The number of ether oxygens (including phenoxy) is 1. The van der Waals surface area contributed by atoms with Crippen molar-refractivity contribution in [2.24, 2.45) is 5.92 Å². The Morgan fingerprint density at radius 3 is 2.17 bits per heavy atom. The van der Waals surface area contributed by atoms with Crippen molar-refractivity contribution in [3.8, 4) is 5.75 Å². The first kappa shape index (κ1) is 32.9. The molecule has 2 amide bonds. The van der Waals surface area contributed by atoms with Crippen molar-refractivity contribution in [2.75, 3.05) is 24.0 Å². The molecule has 3 rings (SSSR count). The predicted octanol–water partition coefficient (Wildman–Crippen LogP) is 5.82. The summed E-state index contributed by atoms with van der Waals surface area (Å²) in [6.45, 7) is 10.2. The molecule has 0 saturated carbocycles. The zero-order valence-corrected chi connectivity index (χ0v) is 26.4. The number of anilines is 1. The van der Waals surface area contributed by atoms with E-state index in [0.29, 0.717) is 30.3 Å². The second-order valence-electron chi connectivity index (χ2n) is 10.4. The lowest BCUT2D eigenvalue weighted by molar-refractivity contribution is -0.140. The van der Waals surface area contributed by atoms with Crippen molar-refractivity contribution >= 4 is 39.1 Å². The van der Waals surface area contributed by atoms with E-state index in [4.69, 9.17) is 16.3 Å². The van der Waals surface area contributed by atoms with Crippen LogP contribution in [0, 0.1) is 12.8 Å². The van der Waals surface area contributed by atoms with Gasteiger partial charge in [0, 0.05) is 18.1 Å². The lowest BCUT2D eigenvalue weighted by atomic mass is 10.1. The number of carbonyl (C=O) groups is 2. The quantitative estimate of drug-likeness (QED) is 0.247. The standard InChI is InChI=1S/C32H40ClN3O5S/c1-6-30(32(38)34-20-23(3)4)35(21-25-11-9-8-10-24(25)5)31(37)22-36(27-14-16-28(17-15-27)41-7-2)42(39,40)29-18-12-26(33)13-19-29/h8-19,23,30H,6-7,20-22H2,1-5H3,(H,34,38)/t30-/m1/s1. The number of aryl methyl sites for hydroxylation is 1. The Morgan fingerprint density at radius 2 is 1.60 bits per heavy atom. The maximum absolute atomic E-state index is 14.2. The van der Waals surface area contributed by atoms with Gasteiger partial charge in [0.25, 0.3) is 10.0 Å². The fraction of sp³-hybridized carbons (Fsp3) is 0.375. The van der Waals surface area contributed by atoms with Gasteiger partial charge in [0.15, 0.2) is 0 Å². The maximum Gasteiger partial charge on any atom is 0.264 e. The fourth-order valence-corrected chi connectivity index (χ4v) is 5.99. The van der Waals surface area contributed by atoms with Crippen molar-refractivity contribution in [1.82, 2.24) is 10.2 Å². The molecular formula is C32H40ClN3O5S. The van der Waals surface area contributed by atoms with E-state index in [-0.39, 0.29) is 29.0 Å². The summed E-state index contributed by atoms with van der Waals surface area (Å²) in [6, 6.07) is 19.1. The molecule has 0 radical (unpaired) electrons. The molecule has 0 saturated heterocycles. The van der Waals surface area contributed by atoms with Gasteiger partial charge in [-0.2, -0.15) is 0 Å². The largest absolute Gasteiger partial charge is 0.494 e.